The molecule has 22 heavy (non-hydrogen) atoms. The lowest BCUT2D eigenvalue weighted by Gasteiger charge is -2.31. The van der Waals surface area contributed by atoms with Gasteiger partial charge >= 0.3 is 0 Å². The summed E-state index contributed by atoms with van der Waals surface area (Å²) in [6, 6.07) is 3.76. The zero-order valence-corrected chi connectivity index (χ0v) is 15.3. The predicted octanol–water partition coefficient (Wildman–Crippen LogP) is 1.15. The van der Waals surface area contributed by atoms with Crippen molar-refractivity contribution in [2.75, 3.05) is 25.9 Å². The van der Waals surface area contributed by atoms with E-state index >= 15 is 0 Å². The Morgan fingerprint density at radius 2 is 1.91 bits per heavy atom. The van der Waals surface area contributed by atoms with Gasteiger partial charge in [0, 0.05) is 31.9 Å². The average Bonchev–Trinajstić information content (AvgIpc) is 2.37. The molecule has 6 nitrogen and oxygen atoms in total. The van der Waals surface area contributed by atoms with Crippen LogP contribution in [0.4, 0.5) is 0 Å². The highest BCUT2D eigenvalue weighted by molar-refractivity contribution is 7.91. The van der Waals surface area contributed by atoms with E-state index in [-0.39, 0.29) is 33.3 Å². The lowest BCUT2D eigenvalue weighted by atomic mass is 10.3. The molecule has 1 aromatic carbocycles. The third-order valence-electron chi connectivity index (χ3n) is 3.28. The molecule has 1 heterocycles. The fourth-order valence-electron chi connectivity index (χ4n) is 2.17. The molecule has 0 aliphatic carbocycles. The largest absolute Gasteiger partial charge is 0.312 e. The highest BCUT2D eigenvalue weighted by atomic mass is 35.5. The molecule has 1 aliphatic rings. The molecule has 0 radical (unpaired) electrons. The SMILES string of the molecule is CC1CN(S(=O)(=O)c2cc(S(C)(=O)=O)ccc2Cl)CCN1.Cl. The molecule has 0 amide bonds. The third kappa shape index (κ3) is 4.12. The van der Waals surface area contributed by atoms with Crippen LogP contribution in [0.5, 0.6) is 0 Å². The van der Waals surface area contributed by atoms with Crippen LogP contribution in [0.3, 0.4) is 0 Å². The lowest BCUT2D eigenvalue weighted by Crippen LogP contribution is -2.51. The Balaban J connectivity index is 0.00000242. The summed E-state index contributed by atoms with van der Waals surface area (Å²) in [5, 5.41) is 3.17. The summed E-state index contributed by atoms with van der Waals surface area (Å²) >= 11 is 5.97. The van der Waals surface area contributed by atoms with Crippen molar-refractivity contribution in [2.45, 2.75) is 22.8 Å². The van der Waals surface area contributed by atoms with Crippen molar-refractivity contribution >= 4 is 43.9 Å². The van der Waals surface area contributed by atoms with E-state index in [1.54, 1.807) is 0 Å². The Hall–Kier alpha value is -0.380. The zero-order valence-electron chi connectivity index (χ0n) is 12.1. The second-order valence-electron chi connectivity index (χ2n) is 5.08. The molecule has 1 unspecified atom stereocenters. The molecular formula is C12H18Cl2N2O4S2. The van der Waals surface area contributed by atoms with Crippen LogP contribution in [0.1, 0.15) is 6.92 Å². The molecule has 1 saturated heterocycles. The minimum absolute atomic E-state index is 0. The molecular weight excluding hydrogens is 371 g/mol. The first-order valence-electron chi connectivity index (χ1n) is 6.35. The van der Waals surface area contributed by atoms with Gasteiger partial charge in [-0.05, 0) is 25.1 Å². The highest BCUT2D eigenvalue weighted by Crippen LogP contribution is 2.28. The molecule has 1 aliphatic heterocycles. The van der Waals surface area contributed by atoms with E-state index in [0.29, 0.717) is 19.6 Å². The van der Waals surface area contributed by atoms with Gasteiger partial charge in [0.15, 0.2) is 9.84 Å². The van der Waals surface area contributed by atoms with Crippen LogP contribution in [0.15, 0.2) is 28.0 Å². The number of sulfone groups is 1. The van der Waals surface area contributed by atoms with Crippen LogP contribution < -0.4 is 5.32 Å². The van der Waals surface area contributed by atoms with Gasteiger partial charge in [0.05, 0.1) is 9.92 Å². The van der Waals surface area contributed by atoms with Crippen LogP contribution in [-0.2, 0) is 19.9 Å². The van der Waals surface area contributed by atoms with E-state index in [4.69, 9.17) is 11.6 Å². The van der Waals surface area contributed by atoms with Crippen molar-refractivity contribution in [1.29, 1.82) is 0 Å². The van der Waals surface area contributed by atoms with Crippen molar-refractivity contribution in [3.8, 4) is 0 Å². The van der Waals surface area contributed by atoms with Gasteiger partial charge in [-0.25, -0.2) is 16.8 Å². The smallest absolute Gasteiger partial charge is 0.244 e. The molecule has 1 atom stereocenters. The summed E-state index contributed by atoms with van der Waals surface area (Å²) in [5.74, 6) is 0. The molecule has 1 fully saturated rings. The van der Waals surface area contributed by atoms with Gasteiger partial charge in [0.25, 0.3) is 0 Å². The van der Waals surface area contributed by atoms with Gasteiger partial charge in [-0.1, -0.05) is 11.6 Å². The predicted molar refractivity (Wildman–Crippen MR) is 88.0 cm³/mol. The molecule has 1 N–H and O–H groups in total. The normalized spacial score (nSPS) is 20.4. The number of benzene rings is 1. The number of halogens is 2. The van der Waals surface area contributed by atoms with Gasteiger partial charge in [0.1, 0.15) is 4.90 Å². The molecule has 0 bridgehead atoms. The van der Waals surface area contributed by atoms with Gasteiger partial charge in [0.2, 0.25) is 10.0 Å². The highest BCUT2D eigenvalue weighted by Gasteiger charge is 2.30. The van der Waals surface area contributed by atoms with Crippen LogP contribution in [0, 0.1) is 0 Å². The second kappa shape index (κ2) is 7.02. The number of nitrogens with one attached hydrogen (secondary N) is 1. The van der Waals surface area contributed by atoms with E-state index in [1.807, 2.05) is 6.92 Å². The molecule has 2 rings (SSSR count). The molecule has 0 aromatic heterocycles. The number of sulfonamides is 1. The molecule has 0 spiro atoms. The number of rotatable bonds is 3. The fourth-order valence-corrected chi connectivity index (χ4v) is 4.92. The third-order valence-corrected chi connectivity index (χ3v) is 6.74. The Bertz CT molecular complexity index is 750. The fraction of sp³-hybridized carbons (Fsp3) is 0.500. The quantitative estimate of drug-likeness (QED) is 0.839. The van der Waals surface area contributed by atoms with Crippen LogP contribution in [0.2, 0.25) is 5.02 Å². The summed E-state index contributed by atoms with van der Waals surface area (Å²) in [5.41, 5.74) is 0. The maximum atomic E-state index is 12.7. The second-order valence-corrected chi connectivity index (χ2v) is 9.41. The Morgan fingerprint density at radius 3 is 2.45 bits per heavy atom. The van der Waals surface area contributed by atoms with Crippen molar-refractivity contribution in [3.63, 3.8) is 0 Å². The Kier molecular flexibility index (Phi) is 6.28. The number of nitrogens with zero attached hydrogens (tertiary/aromatic N) is 1. The van der Waals surface area contributed by atoms with Crippen LogP contribution >= 0.6 is 24.0 Å². The van der Waals surface area contributed by atoms with Gasteiger partial charge < -0.3 is 5.32 Å². The number of piperazine rings is 1. The maximum Gasteiger partial charge on any atom is 0.244 e. The molecule has 1 aromatic rings. The van der Waals surface area contributed by atoms with Crippen molar-refractivity contribution in [2.24, 2.45) is 0 Å². The van der Waals surface area contributed by atoms with E-state index in [0.717, 1.165) is 12.3 Å². The van der Waals surface area contributed by atoms with Crippen LogP contribution in [0.25, 0.3) is 0 Å². The van der Waals surface area contributed by atoms with Crippen molar-refractivity contribution in [3.05, 3.63) is 23.2 Å². The molecule has 0 saturated carbocycles. The number of hydrogen-bond donors (Lipinski definition) is 1. The van der Waals surface area contributed by atoms with E-state index < -0.39 is 19.9 Å². The standard InChI is InChI=1S/C12H17ClN2O4S2.ClH/c1-9-8-15(6-5-14-9)21(18,19)12-7-10(20(2,16)17)3-4-11(12)13;/h3-4,7,9,14H,5-6,8H2,1-2H3;1H. The minimum atomic E-state index is -3.81. The maximum absolute atomic E-state index is 12.7. The summed E-state index contributed by atoms with van der Waals surface area (Å²) in [6.45, 7) is 3.08. The van der Waals surface area contributed by atoms with E-state index in [9.17, 15) is 16.8 Å². The summed E-state index contributed by atoms with van der Waals surface area (Å²) < 4.78 is 49.8. The van der Waals surface area contributed by atoms with Crippen molar-refractivity contribution < 1.29 is 16.8 Å². The monoisotopic (exact) mass is 388 g/mol. The van der Waals surface area contributed by atoms with E-state index in [1.165, 1.54) is 16.4 Å². The first-order valence-corrected chi connectivity index (χ1v) is 10.1. The van der Waals surface area contributed by atoms with Crippen molar-refractivity contribution in [1.82, 2.24) is 9.62 Å². The average molecular weight is 389 g/mol. The zero-order chi connectivity index (χ0) is 15.8. The first-order chi connectivity index (χ1) is 9.62. The topological polar surface area (TPSA) is 83.6 Å². The van der Waals surface area contributed by atoms with Gasteiger partial charge in [-0.3, -0.25) is 0 Å². The number of hydrogen-bond acceptors (Lipinski definition) is 5. The summed E-state index contributed by atoms with van der Waals surface area (Å²) in [4.78, 5) is -0.227. The summed E-state index contributed by atoms with van der Waals surface area (Å²) in [6.07, 6.45) is 1.03. The summed E-state index contributed by atoms with van der Waals surface area (Å²) in [7, 11) is -7.31. The van der Waals surface area contributed by atoms with Crippen LogP contribution in [-0.4, -0.2) is 53.1 Å². The Morgan fingerprint density at radius 1 is 1.27 bits per heavy atom. The Labute approximate surface area is 142 Å². The van der Waals surface area contributed by atoms with Gasteiger partial charge in [-0.15, -0.1) is 12.4 Å². The first kappa shape index (κ1) is 19.7. The van der Waals surface area contributed by atoms with Gasteiger partial charge in [-0.2, -0.15) is 4.31 Å². The molecule has 10 heteroatoms. The lowest BCUT2D eigenvalue weighted by molar-refractivity contribution is 0.310. The minimum Gasteiger partial charge on any atom is -0.312 e. The van der Waals surface area contributed by atoms with E-state index in [2.05, 4.69) is 5.32 Å². The molecule has 126 valence electrons.